The third-order valence-electron chi connectivity index (χ3n) is 3.81. The van der Waals surface area contributed by atoms with Crippen LogP contribution in [-0.4, -0.2) is 35.2 Å². The van der Waals surface area contributed by atoms with E-state index in [0.717, 1.165) is 10.9 Å². The van der Waals surface area contributed by atoms with Crippen molar-refractivity contribution >= 4 is 22.8 Å². The Bertz CT molecular complexity index is 711. The molecular formula is C17H24N4O3. The fraction of sp³-hybridized carbons (Fsp3) is 0.471. The maximum absolute atomic E-state index is 12.4. The fourth-order valence-corrected chi connectivity index (χ4v) is 2.61. The normalized spacial score (nSPS) is 13.7. The molecule has 2 atom stereocenters. The van der Waals surface area contributed by atoms with Crippen molar-refractivity contribution in [2.24, 2.45) is 11.7 Å². The topological polar surface area (TPSA) is 110 Å². The molecule has 0 spiro atoms. The summed E-state index contributed by atoms with van der Waals surface area (Å²) in [4.78, 5) is 24.1. The highest BCUT2D eigenvalue weighted by molar-refractivity contribution is 5.86. The molecule has 0 aliphatic heterocycles. The number of carbonyl (C=O) groups excluding carboxylic acids is 2. The number of methoxy groups -OCH3 is 1. The summed E-state index contributed by atoms with van der Waals surface area (Å²) in [6.07, 6.45) is 0.559. The van der Waals surface area contributed by atoms with E-state index in [1.54, 1.807) is 0 Å². The van der Waals surface area contributed by atoms with Crippen LogP contribution >= 0.6 is 0 Å². The quantitative estimate of drug-likeness (QED) is 0.668. The third kappa shape index (κ3) is 4.32. The van der Waals surface area contributed by atoms with Crippen LogP contribution in [0.2, 0.25) is 0 Å². The van der Waals surface area contributed by atoms with Crippen molar-refractivity contribution in [1.29, 1.82) is 0 Å². The van der Waals surface area contributed by atoms with Gasteiger partial charge in [-0.05, 0) is 18.4 Å². The number of para-hydroxylation sites is 1. The molecule has 1 aromatic carbocycles. The molecule has 130 valence electrons. The number of nitrogens with two attached hydrogens (primary N) is 1. The Balaban J connectivity index is 2.25. The Morgan fingerprint density at radius 3 is 2.71 bits per heavy atom. The van der Waals surface area contributed by atoms with Crippen molar-refractivity contribution in [2.75, 3.05) is 7.11 Å². The Labute approximate surface area is 140 Å². The molecule has 0 bridgehead atoms. The number of ether oxygens (including phenoxy) is 1. The Kier molecular flexibility index (Phi) is 5.92. The van der Waals surface area contributed by atoms with E-state index in [-0.39, 0.29) is 12.3 Å². The molecule has 0 saturated heterocycles. The van der Waals surface area contributed by atoms with Gasteiger partial charge in [-0.3, -0.25) is 14.7 Å². The molecule has 2 aromatic rings. The number of esters is 1. The van der Waals surface area contributed by atoms with E-state index >= 15 is 0 Å². The smallest absolute Gasteiger partial charge is 0.308 e. The van der Waals surface area contributed by atoms with Crippen molar-refractivity contribution in [3.63, 3.8) is 0 Å². The lowest BCUT2D eigenvalue weighted by Crippen LogP contribution is -2.43. The number of benzene rings is 1. The Morgan fingerprint density at radius 1 is 1.33 bits per heavy atom. The molecule has 0 aliphatic carbocycles. The van der Waals surface area contributed by atoms with Crippen molar-refractivity contribution in [3.05, 3.63) is 30.0 Å². The highest BCUT2D eigenvalue weighted by Gasteiger charge is 2.25. The summed E-state index contributed by atoms with van der Waals surface area (Å²) < 4.78 is 4.74. The first-order valence-corrected chi connectivity index (χ1v) is 7.98. The van der Waals surface area contributed by atoms with Gasteiger partial charge in [0, 0.05) is 5.39 Å². The second-order valence-electron chi connectivity index (χ2n) is 6.23. The first-order chi connectivity index (χ1) is 11.4. The maximum atomic E-state index is 12.4. The van der Waals surface area contributed by atoms with Crippen molar-refractivity contribution in [2.45, 2.75) is 38.8 Å². The molecule has 7 heteroatoms. The van der Waals surface area contributed by atoms with Crippen LogP contribution in [0.15, 0.2) is 24.3 Å². The summed E-state index contributed by atoms with van der Waals surface area (Å²) in [6, 6.07) is 6.31. The van der Waals surface area contributed by atoms with Crippen LogP contribution in [0.4, 0.5) is 0 Å². The molecule has 2 rings (SSSR count). The van der Waals surface area contributed by atoms with Gasteiger partial charge in [0.05, 0.1) is 36.8 Å². The molecule has 1 unspecified atom stereocenters. The predicted molar refractivity (Wildman–Crippen MR) is 91.0 cm³/mol. The van der Waals surface area contributed by atoms with Gasteiger partial charge in [-0.15, -0.1) is 0 Å². The number of aromatic amines is 1. The number of rotatable bonds is 7. The van der Waals surface area contributed by atoms with Gasteiger partial charge in [0.2, 0.25) is 5.91 Å². The number of aromatic nitrogens is 2. The van der Waals surface area contributed by atoms with Crippen LogP contribution in [-0.2, 0) is 14.3 Å². The van der Waals surface area contributed by atoms with Gasteiger partial charge < -0.3 is 15.8 Å². The van der Waals surface area contributed by atoms with Crippen molar-refractivity contribution in [3.8, 4) is 0 Å². The largest absolute Gasteiger partial charge is 0.469 e. The zero-order chi connectivity index (χ0) is 17.7. The monoisotopic (exact) mass is 332 g/mol. The number of nitrogens with zero attached hydrogens (tertiary/aromatic N) is 1. The van der Waals surface area contributed by atoms with Crippen LogP contribution < -0.4 is 11.1 Å². The van der Waals surface area contributed by atoms with Gasteiger partial charge in [-0.2, -0.15) is 5.10 Å². The average molecular weight is 332 g/mol. The first-order valence-electron chi connectivity index (χ1n) is 7.98. The van der Waals surface area contributed by atoms with E-state index in [0.29, 0.717) is 18.0 Å². The summed E-state index contributed by atoms with van der Waals surface area (Å²) in [7, 11) is 1.31. The minimum absolute atomic E-state index is 0.00845. The molecule has 0 fully saturated rings. The number of fused-ring (bicyclic) bond motifs is 1. The summed E-state index contributed by atoms with van der Waals surface area (Å²) in [5.41, 5.74) is 7.37. The second-order valence-corrected chi connectivity index (χ2v) is 6.23. The third-order valence-corrected chi connectivity index (χ3v) is 3.81. The molecule has 1 heterocycles. The number of H-pyrrole nitrogens is 1. The number of hydrogen-bond donors (Lipinski definition) is 3. The van der Waals surface area contributed by atoms with Crippen LogP contribution in [0, 0.1) is 5.92 Å². The zero-order valence-electron chi connectivity index (χ0n) is 14.2. The van der Waals surface area contributed by atoms with Gasteiger partial charge in [-0.1, -0.05) is 32.0 Å². The number of nitrogens with one attached hydrogen (secondary N) is 2. The lowest BCUT2D eigenvalue weighted by Gasteiger charge is -2.20. The van der Waals surface area contributed by atoms with Crippen LogP contribution in [0.3, 0.4) is 0 Å². The average Bonchev–Trinajstić information content (AvgIpc) is 2.97. The van der Waals surface area contributed by atoms with Gasteiger partial charge in [0.25, 0.3) is 0 Å². The Hall–Kier alpha value is -2.41. The van der Waals surface area contributed by atoms with Gasteiger partial charge in [0.15, 0.2) is 0 Å². The van der Waals surface area contributed by atoms with E-state index in [1.165, 1.54) is 7.11 Å². The number of carbonyl (C=O) groups is 2. The Morgan fingerprint density at radius 2 is 2.04 bits per heavy atom. The SMILES string of the molecule is COC(=O)CC(NC(=O)[C@@H](N)CC(C)C)c1n[nH]c2ccccc12. The molecular weight excluding hydrogens is 308 g/mol. The highest BCUT2D eigenvalue weighted by Crippen LogP contribution is 2.24. The van der Waals surface area contributed by atoms with Gasteiger partial charge in [0.1, 0.15) is 0 Å². The molecule has 1 amide bonds. The molecule has 0 radical (unpaired) electrons. The fourth-order valence-electron chi connectivity index (χ4n) is 2.61. The highest BCUT2D eigenvalue weighted by atomic mass is 16.5. The van der Waals surface area contributed by atoms with Crippen LogP contribution in [0.25, 0.3) is 10.9 Å². The lowest BCUT2D eigenvalue weighted by atomic mass is 10.0. The summed E-state index contributed by atoms with van der Waals surface area (Å²) in [6.45, 7) is 4.00. The standard InChI is InChI=1S/C17H24N4O3/c1-10(2)8-12(18)17(23)19-14(9-15(22)24-3)16-11-6-4-5-7-13(11)20-21-16/h4-7,10,12,14H,8-9,18H2,1-3H3,(H,19,23)(H,20,21)/t12-,14?/m0/s1. The molecule has 0 saturated carbocycles. The van der Waals surface area contributed by atoms with E-state index in [2.05, 4.69) is 15.5 Å². The van der Waals surface area contributed by atoms with Gasteiger partial charge >= 0.3 is 5.97 Å². The molecule has 4 N–H and O–H groups in total. The van der Waals surface area contributed by atoms with Crippen LogP contribution in [0.5, 0.6) is 0 Å². The van der Waals surface area contributed by atoms with E-state index in [1.807, 2.05) is 38.1 Å². The lowest BCUT2D eigenvalue weighted by molar-refractivity contribution is -0.141. The van der Waals surface area contributed by atoms with Gasteiger partial charge in [-0.25, -0.2) is 0 Å². The number of amides is 1. The number of hydrogen-bond acceptors (Lipinski definition) is 5. The summed E-state index contributed by atoms with van der Waals surface area (Å²) in [5, 5.41) is 10.9. The summed E-state index contributed by atoms with van der Waals surface area (Å²) >= 11 is 0. The predicted octanol–water partition coefficient (Wildman–Crippen LogP) is 1.66. The molecule has 24 heavy (non-hydrogen) atoms. The van der Waals surface area contributed by atoms with E-state index in [9.17, 15) is 9.59 Å². The van der Waals surface area contributed by atoms with Crippen molar-refractivity contribution < 1.29 is 14.3 Å². The maximum Gasteiger partial charge on any atom is 0.308 e. The minimum Gasteiger partial charge on any atom is -0.469 e. The molecule has 1 aromatic heterocycles. The second kappa shape index (κ2) is 7.92. The first kappa shape index (κ1) is 17.9. The zero-order valence-corrected chi connectivity index (χ0v) is 14.2. The van der Waals surface area contributed by atoms with Crippen molar-refractivity contribution in [1.82, 2.24) is 15.5 Å². The van der Waals surface area contributed by atoms with Crippen LogP contribution in [0.1, 0.15) is 38.4 Å². The molecule has 7 nitrogen and oxygen atoms in total. The van der Waals surface area contributed by atoms with E-state index < -0.39 is 18.1 Å². The molecule has 0 aliphatic rings. The summed E-state index contributed by atoms with van der Waals surface area (Å²) in [5.74, 6) is -0.425. The minimum atomic E-state index is -0.629. The van der Waals surface area contributed by atoms with E-state index in [4.69, 9.17) is 10.5 Å².